The number of carbonyl (C=O) groups is 2. The fourth-order valence-electron chi connectivity index (χ4n) is 3.45. The molecule has 0 bridgehead atoms. The van der Waals surface area contributed by atoms with Gasteiger partial charge in [0.1, 0.15) is 17.2 Å². The molecular formula is C21H28FN3O4. The molecule has 0 N–H and O–H groups in total. The Balaban J connectivity index is 1.86. The topological polar surface area (TPSA) is 73.7 Å². The molecule has 2 aromatic rings. The molecular weight excluding hydrogens is 377 g/mol. The summed E-state index contributed by atoms with van der Waals surface area (Å²) in [5.41, 5.74) is 0.652. The fourth-order valence-corrected chi connectivity index (χ4v) is 3.45. The van der Waals surface area contributed by atoms with E-state index >= 15 is 0 Å². The first-order chi connectivity index (χ1) is 13.7. The van der Waals surface area contributed by atoms with Crippen LogP contribution in [0, 0.1) is 5.82 Å². The number of nitrogens with zero attached hydrogens (tertiary/aromatic N) is 3. The third-order valence-corrected chi connectivity index (χ3v) is 4.73. The minimum absolute atomic E-state index is 0.0349. The Morgan fingerprint density at radius 3 is 2.55 bits per heavy atom. The molecule has 0 aliphatic carbocycles. The zero-order valence-corrected chi connectivity index (χ0v) is 17.5. The van der Waals surface area contributed by atoms with Gasteiger partial charge >= 0.3 is 5.97 Å². The lowest BCUT2D eigenvalue weighted by Crippen LogP contribution is -2.41. The third-order valence-electron chi connectivity index (χ3n) is 4.73. The van der Waals surface area contributed by atoms with Gasteiger partial charge in [-0.2, -0.15) is 0 Å². The van der Waals surface area contributed by atoms with Crippen molar-refractivity contribution in [3.8, 4) is 0 Å². The molecule has 0 unspecified atom stereocenters. The maximum absolute atomic E-state index is 14.7. The minimum atomic E-state index is -0.589. The number of aryl methyl sites for hydroxylation is 2. The van der Waals surface area contributed by atoms with E-state index in [1.165, 1.54) is 6.07 Å². The first-order valence-corrected chi connectivity index (χ1v) is 9.97. The number of imidazole rings is 1. The molecule has 3 rings (SSSR count). The van der Waals surface area contributed by atoms with Crippen LogP contribution in [0.4, 0.5) is 4.39 Å². The monoisotopic (exact) mass is 405 g/mol. The number of amides is 1. The summed E-state index contributed by atoms with van der Waals surface area (Å²) in [7, 11) is 0. The summed E-state index contributed by atoms with van der Waals surface area (Å²) >= 11 is 0. The van der Waals surface area contributed by atoms with Gasteiger partial charge in [0, 0.05) is 32.1 Å². The third kappa shape index (κ3) is 4.93. The van der Waals surface area contributed by atoms with Crippen LogP contribution in [0.15, 0.2) is 12.1 Å². The summed E-state index contributed by atoms with van der Waals surface area (Å²) in [4.78, 5) is 30.9. The number of morpholine rings is 1. The van der Waals surface area contributed by atoms with Crippen molar-refractivity contribution in [2.75, 3.05) is 26.3 Å². The minimum Gasteiger partial charge on any atom is -0.460 e. The standard InChI is InChI=1S/C21H28FN3O4/c1-5-25-17-12-14(20(27)24-8-10-28-11-9-24)15(22)13-16(17)23-18(25)6-7-19(26)29-21(2,3)4/h12-13H,5-11H2,1-4H3. The fraction of sp³-hybridized carbons (Fsp3) is 0.571. The van der Waals surface area contributed by atoms with Gasteiger partial charge in [-0.3, -0.25) is 9.59 Å². The van der Waals surface area contributed by atoms with Crippen LogP contribution in [-0.2, 0) is 27.2 Å². The number of rotatable bonds is 5. The Hall–Kier alpha value is -2.48. The van der Waals surface area contributed by atoms with E-state index in [0.29, 0.717) is 56.1 Å². The predicted molar refractivity (Wildman–Crippen MR) is 106 cm³/mol. The van der Waals surface area contributed by atoms with Crippen molar-refractivity contribution in [3.05, 3.63) is 29.3 Å². The Bertz CT molecular complexity index is 911. The summed E-state index contributed by atoms with van der Waals surface area (Å²) in [6.45, 7) is 9.82. The predicted octanol–water partition coefficient (Wildman–Crippen LogP) is 2.94. The van der Waals surface area contributed by atoms with E-state index in [1.54, 1.807) is 11.0 Å². The number of hydrogen-bond donors (Lipinski definition) is 0. The van der Waals surface area contributed by atoms with E-state index in [4.69, 9.17) is 9.47 Å². The second-order valence-electron chi connectivity index (χ2n) is 8.08. The molecule has 1 aromatic carbocycles. The molecule has 1 fully saturated rings. The van der Waals surface area contributed by atoms with Crippen LogP contribution >= 0.6 is 0 Å². The second kappa shape index (κ2) is 8.49. The van der Waals surface area contributed by atoms with Crippen LogP contribution in [0.3, 0.4) is 0 Å². The van der Waals surface area contributed by atoms with Crippen molar-refractivity contribution in [3.63, 3.8) is 0 Å². The molecule has 29 heavy (non-hydrogen) atoms. The number of hydrogen-bond acceptors (Lipinski definition) is 5. The quantitative estimate of drug-likeness (QED) is 0.715. The second-order valence-corrected chi connectivity index (χ2v) is 8.08. The van der Waals surface area contributed by atoms with Gasteiger partial charge < -0.3 is 18.9 Å². The van der Waals surface area contributed by atoms with Gasteiger partial charge in [0.15, 0.2) is 0 Å². The van der Waals surface area contributed by atoms with Crippen molar-refractivity contribution < 1.29 is 23.5 Å². The van der Waals surface area contributed by atoms with Gasteiger partial charge in [0.2, 0.25) is 0 Å². The number of esters is 1. The SMILES string of the molecule is CCn1c(CCC(=O)OC(C)(C)C)nc2cc(F)c(C(=O)N3CCOCC3)cc21. The van der Waals surface area contributed by atoms with Crippen LogP contribution in [0.5, 0.6) is 0 Å². The highest BCUT2D eigenvalue weighted by molar-refractivity contribution is 5.98. The summed E-state index contributed by atoms with van der Waals surface area (Å²) in [6.07, 6.45) is 0.564. The Morgan fingerprint density at radius 1 is 1.24 bits per heavy atom. The lowest BCUT2D eigenvalue weighted by molar-refractivity contribution is -0.154. The lowest BCUT2D eigenvalue weighted by atomic mass is 10.1. The Kier molecular flexibility index (Phi) is 6.21. The molecule has 1 saturated heterocycles. The number of ether oxygens (including phenoxy) is 2. The van der Waals surface area contributed by atoms with E-state index in [2.05, 4.69) is 4.98 Å². The van der Waals surface area contributed by atoms with E-state index in [9.17, 15) is 14.0 Å². The average Bonchev–Trinajstić information content (AvgIpc) is 3.00. The van der Waals surface area contributed by atoms with Gasteiger partial charge in [-0.1, -0.05) is 0 Å². The smallest absolute Gasteiger partial charge is 0.306 e. The molecule has 0 radical (unpaired) electrons. The van der Waals surface area contributed by atoms with Crippen LogP contribution in [-0.4, -0.2) is 58.2 Å². The molecule has 0 saturated carbocycles. The van der Waals surface area contributed by atoms with Crippen LogP contribution in [0.25, 0.3) is 11.0 Å². The summed E-state index contributed by atoms with van der Waals surface area (Å²) in [6, 6.07) is 2.86. The van der Waals surface area contributed by atoms with E-state index < -0.39 is 11.4 Å². The van der Waals surface area contributed by atoms with Gasteiger partial charge in [-0.15, -0.1) is 0 Å². The van der Waals surface area contributed by atoms with Crippen LogP contribution in [0.2, 0.25) is 0 Å². The van der Waals surface area contributed by atoms with Gasteiger partial charge in [-0.05, 0) is 33.8 Å². The van der Waals surface area contributed by atoms with Gasteiger partial charge in [0.05, 0.1) is 36.2 Å². The average molecular weight is 405 g/mol. The Labute approximate surface area is 169 Å². The molecule has 1 aliphatic rings. The molecule has 0 spiro atoms. The molecule has 7 nitrogen and oxygen atoms in total. The van der Waals surface area contributed by atoms with Crippen molar-refractivity contribution >= 4 is 22.9 Å². The number of halogens is 1. The van der Waals surface area contributed by atoms with Crippen molar-refractivity contribution in [2.24, 2.45) is 0 Å². The molecule has 8 heteroatoms. The molecule has 2 heterocycles. The maximum atomic E-state index is 14.7. The molecule has 1 aliphatic heterocycles. The highest BCUT2D eigenvalue weighted by Gasteiger charge is 2.24. The van der Waals surface area contributed by atoms with E-state index in [1.807, 2.05) is 32.3 Å². The van der Waals surface area contributed by atoms with Gasteiger partial charge in [-0.25, -0.2) is 9.37 Å². The summed E-state index contributed by atoms with van der Waals surface area (Å²) < 4.78 is 27.2. The summed E-state index contributed by atoms with van der Waals surface area (Å²) in [5, 5.41) is 0. The first-order valence-electron chi connectivity index (χ1n) is 9.97. The van der Waals surface area contributed by atoms with E-state index in [-0.39, 0.29) is 23.9 Å². The van der Waals surface area contributed by atoms with Crippen molar-refractivity contribution in [1.29, 1.82) is 0 Å². The van der Waals surface area contributed by atoms with Crippen LogP contribution in [0.1, 0.15) is 50.3 Å². The molecule has 158 valence electrons. The highest BCUT2D eigenvalue weighted by atomic mass is 19.1. The lowest BCUT2D eigenvalue weighted by Gasteiger charge is -2.27. The maximum Gasteiger partial charge on any atom is 0.306 e. The van der Waals surface area contributed by atoms with Crippen molar-refractivity contribution in [1.82, 2.24) is 14.5 Å². The molecule has 1 aromatic heterocycles. The molecule has 1 amide bonds. The van der Waals surface area contributed by atoms with Crippen molar-refractivity contribution in [2.45, 2.75) is 52.7 Å². The van der Waals surface area contributed by atoms with E-state index in [0.717, 1.165) is 0 Å². The number of carbonyl (C=O) groups excluding carboxylic acids is 2. The summed E-state index contributed by atoms with van der Waals surface area (Å²) in [5.74, 6) is -0.564. The zero-order chi connectivity index (χ0) is 21.2. The first kappa shape index (κ1) is 21.2. The van der Waals surface area contributed by atoms with Gasteiger partial charge in [0.25, 0.3) is 5.91 Å². The zero-order valence-electron chi connectivity index (χ0n) is 17.5. The normalized spacial score (nSPS) is 15.0. The molecule has 0 atom stereocenters. The number of aromatic nitrogens is 2. The number of fused-ring (bicyclic) bond motifs is 1. The van der Waals surface area contributed by atoms with Crippen LogP contribution < -0.4 is 0 Å². The largest absolute Gasteiger partial charge is 0.460 e. The Morgan fingerprint density at radius 2 is 1.93 bits per heavy atom. The number of benzene rings is 1. The highest BCUT2D eigenvalue weighted by Crippen LogP contribution is 2.23.